The third-order valence-corrected chi connectivity index (χ3v) is 4.36. The van der Waals surface area contributed by atoms with E-state index in [0.29, 0.717) is 12.1 Å². The van der Waals surface area contributed by atoms with Gasteiger partial charge in [-0.1, -0.05) is 24.3 Å². The van der Waals surface area contributed by atoms with Crippen LogP contribution in [0.1, 0.15) is 11.1 Å². The third-order valence-electron chi connectivity index (χ3n) is 3.43. The van der Waals surface area contributed by atoms with Crippen LogP contribution in [0.3, 0.4) is 0 Å². The fourth-order valence-corrected chi connectivity index (χ4v) is 2.67. The second-order valence-electron chi connectivity index (χ2n) is 5.52. The van der Waals surface area contributed by atoms with Gasteiger partial charge in [-0.15, -0.1) is 0 Å². The molecule has 0 radical (unpaired) electrons. The van der Waals surface area contributed by atoms with Gasteiger partial charge in [0.1, 0.15) is 0 Å². The van der Waals surface area contributed by atoms with Crippen LogP contribution in [0, 0.1) is 6.92 Å². The zero-order valence-corrected chi connectivity index (χ0v) is 14.5. The van der Waals surface area contributed by atoms with E-state index in [4.69, 9.17) is 5.14 Å². The van der Waals surface area contributed by atoms with Crippen molar-refractivity contribution < 1.29 is 18.0 Å². The lowest BCUT2D eigenvalue weighted by Crippen LogP contribution is -2.36. The minimum atomic E-state index is -3.72. The lowest BCUT2D eigenvalue weighted by atomic mass is 10.1. The molecule has 0 aliphatic heterocycles. The van der Waals surface area contributed by atoms with E-state index in [1.807, 2.05) is 13.0 Å². The Morgan fingerprint density at radius 2 is 1.72 bits per heavy atom. The highest BCUT2D eigenvalue weighted by Crippen LogP contribution is 2.10. The van der Waals surface area contributed by atoms with Crippen LogP contribution in [0.5, 0.6) is 0 Å². The van der Waals surface area contributed by atoms with Crippen molar-refractivity contribution in [3.63, 3.8) is 0 Å². The predicted octanol–water partition coefficient (Wildman–Crippen LogP) is 0.940. The standard InChI is InChI=1S/C17H19N3O4S/c1-12-3-2-4-14(11-12)20-17(22)16(21)19-10-9-13-5-7-15(8-6-13)25(18,23)24/h2-8,11H,9-10H2,1H3,(H,19,21)(H,20,22)(H2,18,23,24). The molecule has 0 heterocycles. The average Bonchev–Trinajstić information content (AvgIpc) is 2.54. The van der Waals surface area contributed by atoms with Gasteiger partial charge in [0.2, 0.25) is 10.0 Å². The fraction of sp³-hybridized carbons (Fsp3) is 0.176. The Morgan fingerprint density at radius 3 is 2.32 bits per heavy atom. The van der Waals surface area contributed by atoms with E-state index in [0.717, 1.165) is 11.1 Å². The maximum atomic E-state index is 11.8. The van der Waals surface area contributed by atoms with Gasteiger partial charge in [0, 0.05) is 12.2 Å². The first-order valence-corrected chi connectivity index (χ1v) is 9.08. The lowest BCUT2D eigenvalue weighted by Gasteiger charge is -2.07. The molecular formula is C17H19N3O4S. The Morgan fingerprint density at radius 1 is 1.04 bits per heavy atom. The monoisotopic (exact) mass is 361 g/mol. The van der Waals surface area contributed by atoms with E-state index in [-0.39, 0.29) is 11.4 Å². The molecule has 0 saturated heterocycles. The Kier molecular flexibility index (Phi) is 5.89. The molecule has 0 saturated carbocycles. The molecule has 2 aromatic rings. The van der Waals surface area contributed by atoms with Gasteiger partial charge in [-0.05, 0) is 48.7 Å². The van der Waals surface area contributed by atoms with Crippen molar-refractivity contribution in [3.8, 4) is 0 Å². The van der Waals surface area contributed by atoms with Crippen molar-refractivity contribution in [2.45, 2.75) is 18.2 Å². The number of hydrogen-bond acceptors (Lipinski definition) is 4. The van der Waals surface area contributed by atoms with Crippen LogP contribution >= 0.6 is 0 Å². The van der Waals surface area contributed by atoms with Crippen molar-refractivity contribution in [3.05, 3.63) is 59.7 Å². The van der Waals surface area contributed by atoms with E-state index < -0.39 is 21.8 Å². The fourth-order valence-electron chi connectivity index (χ4n) is 2.16. The van der Waals surface area contributed by atoms with E-state index in [1.165, 1.54) is 12.1 Å². The van der Waals surface area contributed by atoms with Gasteiger partial charge in [0.15, 0.2) is 0 Å². The summed E-state index contributed by atoms with van der Waals surface area (Å²) in [4.78, 5) is 23.6. The molecule has 8 heteroatoms. The molecule has 2 rings (SSSR count). The summed E-state index contributed by atoms with van der Waals surface area (Å²) in [6.45, 7) is 2.13. The first kappa shape index (κ1) is 18.6. The smallest absolute Gasteiger partial charge is 0.313 e. The minimum Gasteiger partial charge on any atom is -0.347 e. The summed E-state index contributed by atoms with van der Waals surface area (Å²) in [6.07, 6.45) is 0.453. The molecule has 25 heavy (non-hydrogen) atoms. The van der Waals surface area contributed by atoms with Crippen molar-refractivity contribution >= 4 is 27.5 Å². The summed E-state index contributed by atoms with van der Waals surface area (Å²) in [5, 5.41) is 10.1. The summed E-state index contributed by atoms with van der Waals surface area (Å²) in [5.74, 6) is -1.47. The van der Waals surface area contributed by atoms with E-state index >= 15 is 0 Å². The number of benzene rings is 2. The van der Waals surface area contributed by atoms with Crippen LogP contribution in [-0.4, -0.2) is 26.8 Å². The number of amides is 2. The Bertz CT molecular complexity index is 877. The van der Waals surface area contributed by atoms with Crippen molar-refractivity contribution in [1.29, 1.82) is 0 Å². The Labute approximate surface area is 146 Å². The van der Waals surface area contributed by atoms with Crippen molar-refractivity contribution in [2.24, 2.45) is 5.14 Å². The van der Waals surface area contributed by atoms with Crippen LogP contribution < -0.4 is 15.8 Å². The quantitative estimate of drug-likeness (QED) is 0.687. The molecule has 132 valence electrons. The molecule has 7 nitrogen and oxygen atoms in total. The number of hydrogen-bond donors (Lipinski definition) is 3. The van der Waals surface area contributed by atoms with Crippen LogP contribution in [0.25, 0.3) is 0 Å². The molecule has 4 N–H and O–H groups in total. The molecule has 0 aliphatic rings. The maximum absolute atomic E-state index is 11.8. The Hall–Kier alpha value is -2.71. The third kappa shape index (κ3) is 5.70. The summed E-state index contributed by atoms with van der Waals surface area (Å²) in [6, 6.07) is 13.2. The number of aryl methyl sites for hydroxylation is 1. The number of nitrogens with two attached hydrogens (primary N) is 1. The zero-order chi connectivity index (χ0) is 18.4. The second kappa shape index (κ2) is 7.91. The van der Waals surface area contributed by atoms with E-state index in [9.17, 15) is 18.0 Å². The summed E-state index contributed by atoms with van der Waals surface area (Å²) < 4.78 is 22.3. The molecule has 0 bridgehead atoms. The number of carbonyl (C=O) groups excluding carboxylic acids is 2. The Balaban J connectivity index is 1.82. The predicted molar refractivity (Wildman–Crippen MR) is 94.3 cm³/mol. The number of sulfonamides is 1. The summed E-state index contributed by atoms with van der Waals surface area (Å²) >= 11 is 0. The normalized spacial score (nSPS) is 11.0. The number of rotatable bonds is 5. The van der Waals surface area contributed by atoms with Gasteiger partial charge >= 0.3 is 11.8 Å². The molecule has 0 fully saturated rings. The van der Waals surface area contributed by atoms with Gasteiger partial charge in [0.05, 0.1) is 4.90 Å². The highest BCUT2D eigenvalue weighted by molar-refractivity contribution is 7.89. The first-order chi connectivity index (χ1) is 11.8. The summed E-state index contributed by atoms with van der Waals surface area (Å²) in [5.41, 5.74) is 2.34. The van der Waals surface area contributed by atoms with Crippen LogP contribution in [0.4, 0.5) is 5.69 Å². The van der Waals surface area contributed by atoms with Gasteiger partial charge in [-0.3, -0.25) is 9.59 Å². The molecule has 0 spiro atoms. The molecule has 0 atom stereocenters. The van der Waals surface area contributed by atoms with Crippen molar-refractivity contribution in [2.75, 3.05) is 11.9 Å². The van der Waals surface area contributed by atoms with Crippen LogP contribution in [0.2, 0.25) is 0 Å². The zero-order valence-electron chi connectivity index (χ0n) is 13.7. The number of carbonyl (C=O) groups is 2. The van der Waals surface area contributed by atoms with Gasteiger partial charge in [-0.2, -0.15) is 0 Å². The molecule has 0 unspecified atom stereocenters. The largest absolute Gasteiger partial charge is 0.347 e. The molecule has 0 aliphatic carbocycles. The summed E-state index contributed by atoms with van der Waals surface area (Å²) in [7, 11) is -3.72. The van der Waals surface area contributed by atoms with E-state index in [2.05, 4.69) is 10.6 Å². The van der Waals surface area contributed by atoms with Crippen molar-refractivity contribution in [1.82, 2.24) is 5.32 Å². The van der Waals surface area contributed by atoms with E-state index in [1.54, 1.807) is 30.3 Å². The topological polar surface area (TPSA) is 118 Å². The highest BCUT2D eigenvalue weighted by Gasteiger charge is 2.13. The average molecular weight is 361 g/mol. The second-order valence-corrected chi connectivity index (χ2v) is 7.08. The minimum absolute atomic E-state index is 0.0258. The van der Waals surface area contributed by atoms with Gasteiger partial charge in [-0.25, -0.2) is 13.6 Å². The number of anilines is 1. The number of nitrogens with one attached hydrogen (secondary N) is 2. The molecular weight excluding hydrogens is 342 g/mol. The number of primary sulfonamides is 1. The SMILES string of the molecule is Cc1cccc(NC(=O)C(=O)NCCc2ccc(S(N)(=O)=O)cc2)c1. The molecule has 2 amide bonds. The van der Waals surface area contributed by atoms with Gasteiger partial charge in [0.25, 0.3) is 0 Å². The molecule has 0 aromatic heterocycles. The maximum Gasteiger partial charge on any atom is 0.313 e. The highest BCUT2D eigenvalue weighted by atomic mass is 32.2. The van der Waals surface area contributed by atoms with Gasteiger partial charge < -0.3 is 10.6 Å². The lowest BCUT2D eigenvalue weighted by molar-refractivity contribution is -0.136. The molecule has 2 aromatic carbocycles. The van der Waals surface area contributed by atoms with Crippen LogP contribution in [-0.2, 0) is 26.0 Å². The first-order valence-electron chi connectivity index (χ1n) is 7.53. The van der Waals surface area contributed by atoms with Crippen LogP contribution in [0.15, 0.2) is 53.4 Å².